The number of carbonyl (C=O) groups is 1. The van der Waals surface area contributed by atoms with Crippen LogP contribution in [-0.2, 0) is 7.05 Å². The summed E-state index contributed by atoms with van der Waals surface area (Å²) in [5.41, 5.74) is 2.67. The lowest BCUT2D eigenvalue weighted by Gasteiger charge is -2.20. The number of nitrogens with one attached hydrogen (secondary N) is 2. The average Bonchev–Trinajstić information content (AvgIpc) is 3.50. The van der Waals surface area contributed by atoms with Gasteiger partial charge in [-0.2, -0.15) is 5.10 Å². The largest absolute Gasteiger partial charge is 0.473 e. The molecule has 1 unspecified atom stereocenters. The maximum absolute atomic E-state index is 14.4. The molecule has 1 amide bonds. The first-order chi connectivity index (χ1) is 15.5. The highest BCUT2D eigenvalue weighted by atomic mass is 32.1. The van der Waals surface area contributed by atoms with Gasteiger partial charge in [0.05, 0.1) is 23.1 Å². The summed E-state index contributed by atoms with van der Waals surface area (Å²) in [4.78, 5) is 20.0. The van der Waals surface area contributed by atoms with Crippen LogP contribution in [0.3, 0.4) is 0 Å². The van der Waals surface area contributed by atoms with Gasteiger partial charge in [-0.1, -0.05) is 11.3 Å². The SMILES string of the molecule is CNC1CCN(c2ccc(C(=O)Nc3cc(F)c4nn(C)cc4c3)c3nc(OC)sc23)C1. The molecule has 2 aromatic carbocycles. The molecule has 0 saturated carbocycles. The molecule has 1 atom stereocenters. The van der Waals surface area contributed by atoms with Crippen molar-refractivity contribution in [2.45, 2.75) is 12.5 Å². The summed E-state index contributed by atoms with van der Waals surface area (Å²) in [5, 5.41) is 11.3. The van der Waals surface area contributed by atoms with Crippen molar-refractivity contribution in [2.75, 3.05) is 37.5 Å². The van der Waals surface area contributed by atoms with Crippen LogP contribution in [0.5, 0.6) is 5.19 Å². The molecular weight excluding hydrogens is 431 g/mol. The van der Waals surface area contributed by atoms with Crippen LogP contribution in [0.25, 0.3) is 21.1 Å². The summed E-state index contributed by atoms with van der Waals surface area (Å²) in [6, 6.07) is 7.15. The normalized spacial score (nSPS) is 16.2. The van der Waals surface area contributed by atoms with Crippen LogP contribution in [0.2, 0.25) is 0 Å². The minimum atomic E-state index is -0.484. The molecule has 0 bridgehead atoms. The molecule has 3 heterocycles. The van der Waals surface area contributed by atoms with Crippen LogP contribution < -0.4 is 20.3 Å². The van der Waals surface area contributed by atoms with E-state index < -0.39 is 5.82 Å². The van der Waals surface area contributed by atoms with Gasteiger partial charge >= 0.3 is 0 Å². The van der Waals surface area contributed by atoms with E-state index in [0.29, 0.717) is 33.4 Å². The summed E-state index contributed by atoms with van der Waals surface area (Å²) >= 11 is 1.42. The molecule has 1 fully saturated rings. The van der Waals surface area contributed by atoms with Gasteiger partial charge in [0.15, 0.2) is 5.82 Å². The molecule has 1 saturated heterocycles. The van der Waals surface area contributed by atoms with E-state index in [9.17, 15) is 9.18 Å². The van der Waals surface area contributed by atoms with Crippen molar-refractivity contribution in [3.05, 3.63) is 41.8 Å². The van der Waals surface area contributed by atoms with Crippen LogP contribution >= 0.6 is 11.3 Å². The predicted octanol–water partition coefficient (Wildman–Crippen LogP) is 3.38. The van der Waals surface area contributed by atoms with Crippen LogP contribution in [0.4, 0.5) is 15.8 Å². The Morgan fingerprint density at radius 2 is 2.16 bits per heavy atom. The number of aryl methyl sites for hydroxylation is 1. The fourth-order valence-corrected chi connectivity index (χ4v) is 5.14. The minimum absolute atomic E-state index is 0.270. The number of rotatable bonds is 5. The lowest BCUT2D eigenvalue weighted by molar-refractivity contribution is 0.102. The van der Waals surface area contributed by atoms with Crippen molar-refractivity contribution in [1.29, 1.82) is 0 Å². The number of methoxy groups -OCH3 is 1. The van der Waals surface area contributed by atoms with Crippen molar-refractivity contribution >= 4 is 49.7 Å². The van der Waals surface area contributed by atoms with E-state index in [1.165, 1.54) is 17.4 Å². The molecule has 5 rings (SSSR count). The standard InChI is InChI=1S/C22H23FN6O2S/c1-24-13-6-7-29(11-13)17-5-4-15(19-20(17)32-22(26-19)31-3)21(30)25-14-8-12-10-28(2)27-18(12)16(23)9-14/h4-5,8-10,13,24H,6-7,11H2,1-3H3,(H,25,30). The molecule has 2 aromatic heterocycles. The number of anilines is 2. The summed E-state index contributed by atoms with van der Waals surface area (Å²) in [5.74, 6) is -0.839. The first kappa shape index (κ1) is 20.7. The number of halogens is 1. The fourth-order valence-electron chi connectivity index (χ4n) is 4.19. The monoisotopic (exact) mass is 454 g/mol. The summed E-state index contributed by atoms with van der Waals surface area (Å²) < 4.78 is 22.2. The maximum Gasteiger partial charge on any atom is 0.274 e. The van der Waals surface area contributed by atoms with E-state index in [4.69, 9.17) is 4.74 Å². The van der Waals surface area contributed by atoms with Crippen molar-refractivity contribution < 1.29 is 13.9 Å². The highest BCUT2D eigenvalue weighted by Gasteiger charge is 2.26. The van der Waals surface area contributed by atoms with Gasteiger partial charge in [-0.15, -0.1) is 0 Å². The number of benzene rings is 2. The zero-order valence-electron chi connectivity index (χ0n) is 18.0. The molecule has 2 N–H and O–H groups in total. The predicted molar refractivity (Wildman–Crippen MR) is 124 cm³/mol. The molecule has 0 aliphatic carbocycles. The van der Waals surface area contributed by atoms with Crippen molar-refractivity contribution in [3.63, 3.8) is 0 Å². The molecule has 32 heavy (non-hydrogen) atoms. The fraction of sp³-hybridized carbons (Fsp3) is 0.318. The Hall–Kier alpha value is -3.24. The van der Waals surface area contributed by atoms with E-state index in [0.717, 1.165) is 29.9 Å². The second kappa shape index (κ2) is 8.03. The number of nitrogens with zero attached hydrogens (tertiary/aromatic N) is 4. The molecule has 1 aliphatic rings. The zero-order valence-corrected chi connectivity index (χ0v) is 18.8. The third kappa shape index (κ3) is 3.55. The van der Waals surface area contributed by atoms with E-state index in [1.54, 1.807) is 37.2 Å². The van der Waals surface area contributed by atoms with E-state index in [-0.39, 0.29) is 11.4 Å². The zero-order chi connectivity index (χ0) is 22.4. The molecule has 8 nitrogen and oxygen atoms in total. The van der Waals surface area contributed by atoms with Gasteiger partial charge in [-0.3, -0.25) is 9.48 Å². The van der Waals surface area contributed by atoms with Gasteiger partial charge in [0.2, 0.25) is 0 Å². The lowest BCUT2D eigenvalue weighted by atomic mass is 10.1. The third-order valence-electron chi connectivity index (χ3n) is 5.79. The van der Waals surface area contributed by atoms with E-state index >= 15 is 0 Å². The number of hydrogen-bond acceptors (Lipinski definition) is 7. The van der Waals surface area contributed by atoms with Crippen molar-refractivity contribution in [2.24, 2.45) is 7.05 Å². The Morgan fingerprint density at radius 1 is 1.31 bits per heavy atom. The summed E-state index contributed by atoms with van der Waals surface area (Å²) in [6.07, 6.45) is 2.76. The number of thiazole rings is 1. The number of aromatic nitrogens is 3. The second-order valence-corrected chi connectivity index (χ2v) is 8.83. The van der Waals surface area contributed by atoms with E-state index in [1.807, 2.05) is 13.1 Å². The number of carbonyl (C=O) groups excluding carboxylic acids is 1. The number of amides is 1. The Bertz CT molecular complexity index is 1330. The smallest absolute Gasteiger partial charge is 0.274 e. The Balaban J connectivity index is 1.50. The number of likely N-dealkylation sites (N-methyl/N-ethyl adjacent to an activating group) is 1. The van der Waals surface area contributed by atoms with Gasteiger partial charge in [-0.25, -0.2) is 9.37 Å². The average molecular weight is 455 g/mol. The van der Waals surface area contributed by atoms with Crippen LogP contribution in [0.1, 0.15) is 16.8 Å². The molecular formula is C22H23FN6O2S. The van der Waals surface area contributed by atoms with Crippen molar-refractivity contribution in [1.82, 2.24) is 20.1 Å². The molecule has 0 spiro atoms. The van der Waals surface area contributed by atoms with Gasteiger partial charge in [0.25, 0.3) is 11.1 Å². The number of ether oxygens (including phenoxy) is 1. The Labute approximate surface area is 188 Å². The minimum Gasteiger partial charge on any atom is -0.473 e. The number of fused-ring (bicyclic) bond motifs is 2. The first-order valence-corrected chi connectivity index (χ1v) is 11.1. The maximum atomic E-state index is 14.4. The van der Waals surface area contributed by atoms with Gasteiger partial charge < -0.3 is 20.3 Å². The van der Waals surface area contributed by atoms with E-state index in [2.05, 4.69) is 25.6 Å². The van der Waals surface area contributed by atoms with Crippen LogP contribution in [-0.4, -0.2) is 54.0 Å². The van der Waals surface area contributed by atoms with Gasteiger partial charge in [0.1, 0.15) is 11.0 Å². The summed E-state index contributed by atoms with van der Waals surface area (Å²) in [7, 11) is 5.26. The lowest BCUT2D eigenvalue weighted by Crippen LogP contribution is -2.29. The second-order valence-electron chi connectivity index (χ2n) is 7.87. The molecule has 0 radical (unpaired) electrons. The Morgan fingerprint density at radius 3 is 2.91 bits per heavy atom. The first-order valence-electron chi connectivity index (χ1n) is 10.3. The quantitative estimate of drug-likeness (QED) is 0.481. The third-order valence-corrected chi connectivity index (χ3v) is 6.83. The highest BCUT2D eigenvalue weighted by molar-refractivity contribution is 7.21. The van der Waals surface area contributed by atoms with Crippen LogP contribution in [0.15, 0.2) is 30.5 Å². The molecule has 10 heteroatoms. The topological polar surface area (TPSA) is 84.3 Å². The molecule has 4 aromatic rings. The highest BCUT2D eigenvalue weighted by Crippen LogP contribution is 2.38. The van der Waals surface area contributed by atoms with Gasteiger partial charge in [0, 0.05) is 43.4 Å². The Kier molecular flexibility index (Phi) is 5.18. The molecule has 1 aliphatic heterocycles. The number of hydrogen-bond donors (Lipinski definition) is 2. The molecule has 166 valence electrons. The van der Waals surface area contributed by atoms with Crippen molar-refractivity contribution in [3.8, 4) is 5.19 Å². The van der Waals surface area contributed by atoms with Crippen LogP contribution in [0, 0.1) is 5.82 Å². The summed E-state index contributed by atoms with van der Waals surface area (Å²) in [6.45, 7) is 1.82. The van der Waals surface area contributed by atoms with Gasteiger partial charge in [-0.05, 0) is 37.7 Å².